The number of hydrogen-bond donors (Lipinski definition) is 0. The molecule has 90 valence electrons. The lowest BCUT2D eigenvalue weighted by atomic mass is 10.1. The topological polar surface area (TPSA) is 65.3 Å². The van der Waals surface area contributed by atoms with Crippen LogP contribution in [0.3, 0.4) is 0 Å². The monoisotopic (exact) mass is 243 g/mol. The number of oxazole rings is 1. The molecular formula is C13H9NO4. The predicted molar refractivity (Wildman–Crippen MR) is 63.6 cm³/mol. The maximum atomic E-state index is 12.1. The average Bonchev–Trinajstić information content (AvgIpc) is 2.98. The third kappa shape index (κ3) is 1.48. The van der Waals surface area contributed by atoms with Gasteiger partial charge in [-0.15, -0.1) is 0 Å². The standard InChI is InChI=1S/C13H9NO4/c1-14-10-3-2-8(6-11(10)18-13(14)16)12(15)9-4-5-17-7-9/h2-7H,1H3. The average molecular weight is 243 g/mol. The van der Waals surface area contributed by atoms with Crippen molar-refractivity contribution in [3.8, 4) is 0 Å². The van der Waals surface area contributed by atoms with E-state index in [1.165, 1.54) is 17.1 Å². The highest BCUT2D eigenvalue weighted by molar-refractivity contribution is 6.09. The Hall–Kier alpha value is -2.56. The molecule has 3 rings (SSSR count). The molecule has 0 spiro atoms. The van der Waals surface area contributed by atoms with E-state index in [1.54, 1.807) is 31.3 Å². The second-order valence-corrected chi connectivity index (χ2v) is 3.95. The molecule has 2 heterocycles. The number of ketones is 1. The number of rotatable bonds is 2. The molecule has 0 saturated carbocycles. The van der Waals surface area contributed by atoms with Crippen molar-refractivity contribution in [2.24, 2.45) is 7.05 Å². The zero-order valence-electron chi connectivity index (χ0n) is 9.54. The van der Waals surface area contributed by atoms with E-state index in [1.807, 2.05) is 0 Å². The van der Waals surface area contributed by atoms with E-state index in [0.717, 1.165) is 0 Å². The number of carbonyl (C=O) groups excluding carboxylic acids is 1. The first-order chi connectivity index (χ1) is 8.66. The van der Waals surface area contributed by atoms with Gasteiger partial charge in [0.25, 0.3) is 0 Å². The van der Waals surface area contributed by atoms with Crippen molar-refractivity contribution in [3.63, 3.8) is 0 Å². The van der Waals surface area contributed by atoms with Crippen LogP contribution in [0.2, 0.25) is 0 Å². The summed E-state index contributed by atoms with van der Waals surface area (Å²) >= 11 is 0. The first kappa shape index (κ1) is 10.6. The predicted octanol–water partition coefficient (Wildman–Crippen LogP) is 1.96. The van der Waals surface area contributed by atoms with E-state index < -0.39 is 5.76 Å². The van der Waals surface area contributed by atoms with E-state index in [2.05, 4.69) is 0 Å². The molecule has 5 heteroatoms. The van der Waals surface area contributed by atoms with Crippen LogP contribution < -0.4 is 5.76 Å². The van der Waals surface area contributed by atoms with Crippen molar-refractivity contribution in [2.75, 3.05) is 0 Å². The Labute approximate surface area is 101 Å². The van der Waals surface area contributed by atoms with E-state index in [-0.39, 0.29) is 5.78 Å². The van der Waals surface area contributed by atoms with Crippen LogP contribution >= 0.6 is 0 Å². The van der Waals surface area contributed by atoms with Gasteiger partial charge in [-0.05, 0) is 24.3 Å². The van der Waals surface area contributed by atoms with Crippen molar-refractivity contribution in [1.29, 1.82) is 0 Å². The number of aromatic nitrogens is 1. The van der Waals surface area contributed by atoms with Gasteiger partial charge in [0.1, 0.15) is 6.26 Å². The highest BCUT2D eigenvalue weighted by atomic mass is 16.4. The van der Waals surface area contributed by atoms with Crippen LogP contribution in [0.1, 0.15) is 15.9 Å². The molecule has 0 aliphatic rings. The number of fused-ring (bicyclic) bond motifs is 1. The first-order valence-corrected chi connectivity index (χ1v) is 5.33. The van der Waals surface area contributed by atoms with Gasteiger partial charge >= 0.3 is 5.76 Å². The molecule has 0 amide bonds. The zero-order valence-corrected chi connectivity index (χ0v) is 9.54. The van der Waals surface area contributed by atoms with Crippen LogP contribution in [0.25, 0.3) is 11.1 Å². The molecule has 0 aliphatic carbocycles. The largest absolute Gasteiger partial charge is 0.472 e. The third-order valence-corrected chi connectivity index (χ3v) is 2.84. The maximum Gasteiger partial charge on any atom is 0.419 e. The highest BCUT2D eigenvalue weighted by Crippen LogP contribution is 2.17. The fourth-order valence-electron chi connectivity index (χ4n) is 1.84. The Morgan fingerprint density at radius 1 is 1.22 bits per heavy atom. The summed E-state index contributed by atoms with van der Waals surface area (Å²) in [5, 5.41) is 0. The Balaban J connectivity index is 2.14. The smallest absolute Gasteiger partial charge is 0.419 e. The van der Waals surface area contributed by atoms with Gasteiger partial charge < -0.3 is 8.83 Å². The summed E-state index contributed by atoms with van der Waals surface area (Å²) in [7, 11) is 1.62. The van der Waals surface area contributed by atoms with Crippen molar-refractivity contribution in [2.45, 2.75) is 0 Å². The maximum absolute atomic E-state index is 12.1. The molecule has 0 atom stereocenters. The quantitative estimate of drug-likeness (QED) is 0.645. The van der Waals surface area contributed by atoms with Gasteiger partial charge in [-0.3, -0.25) is 9.36 Å². The van der Waals surface area contributed by atoms with Gasteiger partial charge in [0, 0.05) is 12.6 Å². The Kier molecular flexibility index (Phi) is 2.19. The fourth-order valence-corrected chi connectivity index (χ4v) is 1.84. The molecule has 0 N–H and O–H groups in total. The molecule has 0 radical (unpaired) electrons. The van der Waals surface area contributed by atoms with Crippen LogP contribution in [0.15, 0.2) is 50.4 Å². The molecule has 0 aliphatic heterocycles. The van der Waals surface area contributed by atoms with E-state index in [9.17, 15) is 9.59 Å². The fraction of sp³-hybridized carbons (Fsp3) is 0.0769. The van der Waals surface area contributed by atoms with Crippen molar-refractivity contribution >= 4 is 16.9 Å². The highest BCUT2D eigenvalue weighted by Gasteiger charge is 2.13. The molecule has 18 heavy (non-hydrogen) atoms. The number of hydrogen-bond acceptors (Lipinski definition) is 4. The second-order valence-electron chi connectivity index (χ2n) is 3.95. The molecular weight excluding hydrogens is 234 g/mol. The van der Waals surface area contributed by atoms with Crippen LogP contribution in [0.4, 0.5) is 0 Å². The van der Waals surface area contributed by atoms with E-state index >= 15 is 0 Å². The summed E-state index contributed by atoms with van der Waals surface area (Å²) in [6.07, 6.45) is 2.82. The van der Waals surface area contributed by atoms with Crippen molar-refractivity contribution in [1.82, 2.24) is 4.57 Å². The summed E-state index contributed by atoms with van der Waals surface area (Å²) in [6.45, 7) is 0. The molecule has 3 aromatic rings. The lowest BCUT2D eigenvalue weighted by molar-refractivity contribution is 0.103. The summed E-state index contributed by atoms with van der Waals surface area (Å²) in [5.41, 5.74) is 1.98. The Morgan fingerprint density at radius 3 is 2.78 bits per heavy atom. The van der Waals surface area contributed by atoms with Crippen LogP contribution in [-0.2, 0) is 7.05 Å². The molecule has 0 bridgehead atoms. The second kappa shape index (κ2) is 3.73. The normalized spacial score (nSPS) is 10.9. The van der Waals surface area contributed by atoms with Gasteiger partial charge in [0.05, 0.1) is 17.3 Å². The summed E-state index contributed by atoms with van der Waals surface area (Å²) in [6, 6.07) is 6.50. The van der Waals surface area contributed by atoms with Crippen LogP contribution in [-0.4, -0.2) is 10.4 Å². The van der Waals surface area contributed by atoms with Gasteiger partial charge in [-0.25, -0.2) is 4.79 Å². The Morgan fingerprint density at radius 2 is 2.06 bits per heavy atom. The molecule has 5 nitrogen and oxygen atoms in total. The van der Waals surface area contributed by atoms with Gasteiger partial charge in [0.2, 0.25) is 0 Å². The number of carbonyl (C=O) groups is 1. The minimum Gasteiger partial charge on any atom is -0.472 e. The molecule has 0 unspecified atom stereocenters. The van der Waals surface area contributed by atoms with Crippen molar-refractivity contribution < 1.29 is 13.6 Å². The third-order valence-electron chi connectivity index (χ3n) is 2.84. The number of furan rings is 1. The number of nitrogens with zero attached hydrogens (tertiary/aromatic N) is 1. The van der Waals surface area contributed by atoms with Crippen LogP contribution in [0, 0.1) is 0 Å². The lowest BCUT2D eigenvalue weighted by Crippen LogP contribution is -2.08. The zero-order chi connectivity index (χ0) is 12.7. The van der Waals surface area contributed by atoms with E-state index in [0.29, 0.717) is 22.2 Å². The first-order valence-electron chi connectivity index (χ1n) is 5.33. The minimum atomic E-state index is -0.446. The molecule has 2 aromatic heterocycles. The van der Waals surface area contributed by atoms with Gasteiger partial charge in [-0.2, -0.15) is 0 Å². The van der Waals surface area contributed by atoms with Crippen molar-refractivity contribution in [3.05, 3.63) is 58.5 Å². The molecule has 1 aromatic carbocycles. The van der Waals surface area contributed by atoms with E-state index in [4.69, 9.17) is 8.83 Å². The summed E-state index contributed by atoms with van der Waals surface area (Å²) in [5.74, 6) is -0.616. The molecule has 0 fully saturated rings. The summed E-state index contributed by atoms with van der Waals surface area (Å²) in [4.78, 5) is 23.4. The van der Waals surface area contributed by atoms with Crippen LogP contribution in [0.5, 0.6) is 0 Å². The Bertz CT molecular complexity index is 777. The number of aryl methyl sites for hydroxylation is 1. The lowest BCUT2D eigenvalue weighted by Gasteiger charge is -1.97. The number of benzene rings is 1. The van der Waals surface area contributed by atoms with Gasteiger partial charge in [-0.1, -0.05) is 0 Å². The molecule has 0 saturated heterocycles. The summed E-state index contributed by atoms with van der Waals surface area (Å²) < 4.78 is 11.3. The minimum absolute atomic E-state index is 0.169. The SMILES string of the molecule is Cn1c(=O)oc2cc(C(=O)c3ccoc3)ccc21. The van der Waals surface area contributed by atoms with Gasteiger partial charge in [0.15, 0.2) is 11.4 Å².